The Bertz CT molecular complexity index is 421. The van der Waals surface area contributed by atoms with Gasteiger partial charge in [0.05, 0.1) is 16.6 Å². The van der Waals surface area contributed by atoms with Crippen molar-refractivity contribution >= 4 is 35.0 Å². The molecule has 1 aromatic rings. The Balaban J connectivity index is 2.66. The average Bonchev–Trinajstić information content (AvgIpc) is 2.29. The van der Waals surface area contributed by atoms with Crippen molar-refractivity contribution in [3.8, 4) is 0 Å². The highest BCUT2D eigenvalue weighted by molar-refractivity contribution is 6.42. The van der Waals surface area contributed by atoms with Crippen LogP contribution in [0.2, 0.25) is 10.0 Å². The first-order valence-corrected chi connectivity index (χ1v) is 5.24. The molecule has 2 amide bonds. The van der Waals surface area contributed by atoms with Crippen molar-refractivity contribution in [1.29, 1.82) is 0 Å². The summed E-state index contributed by atoms with van der Waals surface area (Å²) in [5, 5.41) is 5.51. The second-order valence-electron chi connectivity index (χ2n) is 2.98. The highest BCUT2D eigenvalue weighted by Crippen LogP contribution is 2.22. The summed E-state index contributed by atoms with van der Waals surface area (Å²) in [6.45, 7) is -0.0738. The fraction of sp³-hybridized carbons (Fsp3) is 0.200. The smallest absolute Gasteiger partial charge is 0.251 e. The molecule has 0 fully saturated rings. The van der Waals surface area contributed by atoms with E-state index in [-0.39, 0.29) is 18.4 Å². The van der Waals surface area contributed by atoms with Crippen LogP contribution in [0.5, 0.6) is 0 Å². The van der Waals surface area contributed by atoms with E-state index < -0.39 is 0 Å². The molecule has 0 aliphatic rings. The molecule has 1 aromatic carbocycles. The number of amides is 2. The van der Waals surface area contributed by atoms with E-state index in [1.54, 1.807) is 0 Å². The van der Waals surface area contributed by atoms with Crippen LogP contribution in [-0.2, 0) is 4.79 Å². The van der Waals surface area contributed by atoms with E-state index in [0.29, 0.717) is 15.6 Å². The van der Waals surface area contributed by atoms with Crippen LogP contribution in [0.3, 0.4) is 0 Å². The van der Waals surface area contributed by atoms with Crippen molar-refractivity contribution in [1.82, 2.24) is 10.6 Å². The normalized spacial score (nSPS) is 9.69. The molecule has 0 spiro atoms. The zero-order valence-electron chi connectivity index (χ0n) is 8.51. The first-order valence-electron chi connectivity index (χ1n) is 4.48. The van der Waals surface area contributed by atoms with E-state index in [9.17, 15) is 9.59 Å². The molecule has 0 heterocycles. The molecule has 0 aliphatic carbocycles. The van der Waals surface area contributed by atoms with Crippen LogP contribution in [0.4, 0.5) is 0 Å². The molecule has 2 N–H and O–H groups in total. The molecule has 0 bridgehead atoms. The molecule has 0 atom stereocenters. The second-order valence-corrected chi connectivity index (χ2v) is 3.80. The number of hydrogen-bond acceptors (Lipinski definition) is 2. The van der Waals surface area contributed by atoms with Crippen molar-refractivity contribution in [2.75, 3.05) is 13.6 Å². The topological polar surface area (TPSA) is 58.2 Å². The highest BCUT2D eigenvalue weighted by atomic mass is 35.5. The molecule has 0 unspecified atom stereocenters. The van der Waals surface area contributed by atoms with Crippen molar-refractivity contribution in [3.63, 3.8) is 0 Å². The first-order chi connectivity index (χ1) is 7.54. The maximum atomic E-state index is 11.5. The predicted molar refractivity (Wildman–Crippen MR) is 62.9 cm³/mol. The van der Waals surface area contributed by atoms with Crippen molar-refractivity contribution < 1.29 is 9.59 Å². The molecule has 1 rings (SSSR count). The molecule has 0 radical (unpaired) electrons. The van der Waals surface area contributed by atoms with E-state index >= 15 is 0 Å². The van der Waals surface area contributed by atoms with Crippen LogP contribution >= 0.6 is 23.2 Å². The number of rotatable bonds is 3. The Kier molecular flexibility index (Phi) is 4.58. The van der Waals surface area contributed by atoms with Crippen molar-refractivity contribution in [3.05, 3.63) is 33.8 Å². The van der Waals surface area contributed by atoms with Gasteiger partial charge < -0.3 is 10.6 Å². The van der Waals surface area contributed by atoms with Gasteiger partial charge in [-0.2, -0.15) is 0 Å². The molecule has 6 heteroatoms. The summed E-state index contributed by atoms with van der Waals surface area (Å²) < 4.78 is 0. The van der Waals surface area contributed by atoms with Gasteiger partial charge in [-0.3, -0.25) is 9.59 Å². The van der Waals surface area contributed by atoms with Crippen molar-refractivity contribution in [2.24, 2.45) is 0 Å². The maximum Gasteiger partial charge on any atom is 0.251 e. The largest absolute Gasteiger partial charge is 0.358 e. The van der Waals surface area contributed by atoms with Gasteiger partial charge in [-0.15, -0.1) is 0 Å². The number of likely N-dealkylation sites (N-methyl/N-ethyl adjacent to an activating group) is 1. The summed E-state index contributed by atoms with van der Waals surface area (Å²) in [7, 11) is 1.49. The highest BCUT2D eigenvalue weighted by Gasteiger charge is 2.08. The van der Waals surface area contributed by atoms with Gasteiger partial charge in [0.25, 0.3) is 5.91 Å². The molecular formula is C10H10Cl2N2O2. The average molecular weight is 261 g/mol. The zero-order chi connectivity index (χ0) is 12.1. The molecule has 0 aliphatic heterocycles. The number of carbonyl (C=O) groups is 2. The Morgan fingerprint density at radius 1 is 1.25 bits per heavy atom. The van der Waals surface area contributed by atoms with E-state index in [0.717, 1.165) is 0 Å². The van der Waals surface area contributed by atoms with Crippen LogP contribution in [0.1, 0.15) is 10.4 Å². The lowest BCUT2D eigenvalue weighted by Crippen LogP contribution is -2.35. The van der Waals surface area contributed by atoms with E-state index in [1.165, 1.54) is 25.2 Å². The molecule has 0 saturated carbocycles. The summed E-state index contributed by atoms with van der Waals surface area (Å²) in [4.78, 5) is 22.4. The van der Waals surface area contributed by atoms with Crippen LogP contribution in [0.15, 0.2) is 18.2 Å². The summed E-state index contributed by atoms with van der Waals surface area (Å²) in [5.41, 5.74) is 0.360. The number of carbonyl (C=O) groups excluding carboxylic acids is 2. The maximum absolute atomic E-state index is 11.5. The standard InChI is InChI=1S/C10H10Cl2N2O2/c1-13-9(15)5-14-10(16)6-2-3-7(11)8(12)4-6/h2-4H,5H2,1H3,(H,13,15)(H,14,16). The van der Waals surface area contributed by atoms with Crippen LogP contribution in [0, 0.1) is 0 Å². The third-order valence-corrected chi connectivity index (χ3v) is 2.61. The van der Waals surface area contributed by atoms with Gasteiger partial charge in [-0.1, -0.05) is 23.2 Å². The number of nitrogens with one attached hydrogen (secondary N) is 2. The fourth-order valence-electron chi connectivity index (χ4n) is 0.988. The molecule has 16 heavy (non-hydrogen) atoms. The van der Waals surface area contributed by atoms with Gasteiger partial charge in [0, 0.05) is 12.6 Å². The van der Waals surface area contributed by atoms with E-state index in [2.05, 4.69) is 10.6 Å². The lowest BCUT2D eigenvalue weighted by Gasteiger charge is -2.05. The van der Waals surface area contributed by atoms with E-state index in [1.807, 2.05) is 0 Å². The summed E-state index contributed by atoms with van der Waals surface area (Å²) in [6.07, 6.45) is 0. The Morgan fingerprint density at radius 2 is 1.94 bits per heavy atom. The number of hydrogen-bond donors (Lipinski definition) is 2. The van der Waals surface area contributed by atoms with E-state index in [4.69, 9.17) is 23.2 Å². The number of benzene rings is 1. The first kappa shape index (κ1) is 12.8. The summed E-state index contributed by atoms with van der Waals surface area (Å²) in [5.74, 6) is -0.643. The van der Waals surface area contributed by atoms with Gasteiger partial charge in [0.2, 0.25) is 5.91 Å². The quantitative estimate of drug-likeness (QED) is 0.865. The van der Waals surface area contributed by atoms with Gasteiger partial charge in [-0.25, -0.2) is 0 Å². The predicted octanol–water partition coefficient (Wildman–Crippen LogP) is 1.47. The minimum atomic E-state index is -0.373. The Hall–Kier alpha value is -1.26. The van der Waals surface area contributed by atoms with Gasteiger partial charge in [-0.05, 0) is 18.2 Å². The monoisotopic (exact) mass is 260 g/mol. The van der Waals surface area contributed by atoms with Gasteiger partial charge >= 0.3 is 0 Å². The molecular weight excluding hydrogens is 251 g/mol. The SMILES string of the molecule is CNC(=O)CNC(=O)c1ccc(Cl)c(Cl)c1. The third kappa shape index (κ3) is 3.40. The fourth-order valence-corrected chi connectivity index (χ4v) is 1.29. The lowest BCUT2D eigenvalue weighted by atomic mass is 10.2. The Labute approximate surface area is 103 Å². The zero-order valence-corrected chi connectivity index (χ0v) is 10.0. The second kappa shape index (κ2) is 5.72. The molecule has 0 aromatic heterocycles. The molecule has 4 nitrogen and oxygen atoms in total. The Morgan fingerprint density at radius 3 is 2.50 bits per heavy atom. The minimum absolute atomic E-state index is 0.0738. The van der Waals surface area contributed by atoms with Crippen LogP contribution < -0.4 is 10.6 Å². The van der Waals surface area contributed by atoms with Gasteiger partial charge in [0.1, 0.15) is 0 Å². The number of halogens is 2. The molecule has 86 valence electrons. The van der Waals surface area contributed by atoms with Crippen LogP contribution in [0.25, 0.3) is 0 Å². The van der Waals surface area contributed by atoms with Gasteiger partial charge in [0.15, 0.2) is 0 Å². The summed E-state index contributed by atoms with van der Waals surface area (Å²) in [6, 6.07) is 4.51. The lowest BCUT2D eigenvalue weighted by molar-refractivity contribution is -0.119. The van der Waals surface area contributed by atoms with Crippen LogP contribution in [-0.4, -0.2) is 25.4 Å². The van der Waals surface area contributed by atoms with Crippen molar-refractivity contribution in [2.45, 2.75) is 0 Å². The molecule has 0 saturated heterocycles. The third-order valence-electron chi connectivity index (χ3n) is 1.87. The minimum Gasteiger partial charge on any atom is -0.358 e. The summed E-state index contributed by atoms with van der Waals surface area (Å²) >= 11 is 11.5.